The summed E-state index contributed by atoms with van der Waals surface area (Å²) in [7, 11) is 0. The van der Waals surface area contributed by atoms with Crippen molar-refractivity contribution in [3.8, 4) is 0 Å². The molecule has 1 aromatic carbocycles. The number of aryl methyl sites for hydroxylation is 1. The van der Waals surface area contributed by atoms with Gasteiger partial charge in [-0.05, 0) is 32.3 Å². The number of nitrogens with two attached hydrogens (primary N) is 1. The van der Waals surface area contributed by atoms with Crippen LogP contribution in [-0.4, -0.2) is 30.7 Å². The molecule has 0 saturated heterocycles. The van der Waals surface area contributed by atoms with E-state index in [4.69, 9.17) is 10.5 Å². The van der Waals surface area contributed by atoms with Crippen LogP contribution in [-0.2, 0) is 14.9 Å². The number of hydrogen-bond acceptors (Lipinski definition) is 3. The lowest BCUT2D eigenvalue weighted by Crippen LogP contribution is -2.76. The number of amides is 1. The fourth-order valence-electron chi connectivity index (χ4n) is 4.82. The highest BCUT2D eigenvalue weighted by molar-refractivity contribution is 5.89. The average Bonchev–Trinajstić information content (AvgIpc) is 3.09. The van der Waals surface area contributed by atoms with Crippen LogP contribution >= 0.6 is 0 Å². The van der Waals surface area contributed by atoms with E-state index in [-0.39, 0.29) is 22.8 Å². The molecule has 2 unspecified atom stereocenters. The highest BCUT2D eigenvalue weighted by Gasteiger charge is 2.63. The molecule has 144 valence electrons. The maximum absolute atomic E-state index is 13.0. The summed E-state index contributed by atoms with van der Waals surface area (Å²) in [4.78, 5) is 13.0. The van der Waals surface area contributed by atoms with Gasteiger partial charge >= 0.3 is 0 Å². The Morgan fingerprint density at radius 2 is 2.00 bits per heavy atom. The van der Waals surface area contributed by atoms with E-state index in [2.05, 4.69) is 36.5 Å². The van der Waals surface area contributed by atoms with Crippen molar-refractivity contribution < 1.29 is 9.53 Å². The van der Waals surface area contributed by atoms with E-state index in [1.807, 2.05) is 20.8 Å². The van der Waals surface area contributed by atoms with Crippen LogP contribution in [0.3, 0.4) is 0 Å². The highest BCUT2D eigenvalue weighted by atomic mass is 16.5. The molecule has 0 aromatic heterocycles. The van der Waals surface area contributed by atoms with Gasteiger partial charge in [-0.3, -0.25) is 4.79 Å². The van der Waals surface area contributed by atoms with E-state index in [0.29, 0.717) is 19.6 Å². The maximum Gasteiger partial charge on any atom is 0.240 e. The molecule has 2 fully saturated rings. The zero-order valence-electron chi connectivity index (χ0n) is 16.7. The molecule has 4 nitrogen and oxygen atoms in total. The van der Waals surface area contributed by atoms with Crippen LogP contribution in [0.2, 0.25) is 0 Å². The SMILES string of the molecule is CCOC1CC(N)(C(=O)NCC2(c3cccc(C)c3)CCCC2)C1(C)C. The molecule has 0 heterocycles. The van der Waals surface area contributed by atoms with Crippen LogP contribution in [0.1, 0.15) is 64.0 Å². The van der Waals surface area contributed by atoms with E-state index in [0.717, 1.165) is 12.8 Å². The van der Waals surface area contributed by atoms with Crippen molar-refractivity contribution in [3.05, 3.63) is 35.4 Å². The van der Waals surface area contributed by atoms with Crippen LogP contribution in [0.5, 0.6) is 0 Å². The van der Waals surface area contributed by atoms with Crippen molar-refractivity contribution in [2.24, 2.45) is 11.1 Å². The lowest BCUT2D eigenvalue weighted by atomic mass is 9.54. The summed E-state index contributed by atoms with van der Waals surface area (Å²) >= 11 is 0. The molecule has 2 saturated carbocycles. The molecular formula is C22H34N2O2. The van der Waals surface area contributed by atoms with Crippen LogP contribution < -0.4 is 11.1 Å². The second kappa shape index (κ2) is 6.97. The lowest BCUT2D eigenvalue weighted by Gasteiger charge is -2.57. The third-order valence-electron chi connectivity index (χ3n) is 7.01. The zero-order chi connectivity index (χ0) is 19.0. The molecule has 4 heteroatoms. The van der Waals surface area contributed by atoms with Crippen molar-refractivity contribution >= 4 is 5.91 Å². The van der Waals surface area contributed by atoms with Gasteiger partial charge in [0.05, 0.1) is 6.10 Å². The van der Waals surface area contributed by atoms with E-state index >= 15 is 0 Å². The molecule has 1 aromatic rings. The summed E-state index contributed by atoms with van der Waals surface area (Å²) in [5, 5.41) is 3.22. The van der Waals surface area contributed by atoms with Crippen molar-refractivity contribution in [2.75, 3.05) is 13.2 Å². The summed E-state index contributed by atoms with van der Waals surface area (Å²) in [5.41, 5.74) is 8.02. The molecule has 1 amide bonds. The molecule has 0 bridgehead atoms. The monoisotopic (exact) mass is 358 g/mol. The Balaban J connectivity index is 1.72. The molecule has 2 aliphatic rings. The second-order valence-corrected chi connectivity index (χ2v) is 8.88. The third-order valence-corrected chi connectivity index (χ3v) is 7.01. The van der Waals surface area contributed by atoms with E-state index in [1.165, 1.54) is 24.0 Å². The van der Waals surface area contributed by atoms with Crippen molar-refractivity contribution in [1.82, 2.24) is 5.32 Å². The summed E-state index contributed by atoms with van der Waals surface area (Å²) < 4.78 is 5.76. The minimum Gasteiger partial charge on any atom is -0.378 e. The third kappa shape index (κ3) is 3.07. The predicted molar refractivity (Wildman–Crippen MR) is 105 cm³/mol. The Morgan fingerprint density at radius 1 is 1.31 bits per heavy atom. The molecule has 0 aliphatic heterocycles. The Morgan fingerprint density at radius 3 is 2.58 bits per heavy atom. The van der Waals surface area contributed by atoms with Gasteiger partial charge in [-0.2, -0.15) is 0 Å². The Hall–Kier alpha value is -1.39. The van der Waals surface area contributed by atoms with Gasteiger partial charge in [0.15, 0.2) is 0 Å². The second-order valence-electron chi connectivity index (χ2n) is 8.88. The van der Waals surface area contributed by atoms with Gasteiger partial charge in [0.25, 0.3) is 0 Å². The van der Waals surface area contributed by atoms with Gasteiger partial charge in [-0.15, -0.1) is 0 Å². The van der Waals surface area contributed by atoms with E-state index in [1.54, 1.807) is 0 Å². The van der Waals surface area contributed by atoms with Crippen LogP contribution in [0.4, 0.5) is 0 Å². The minimum atomic E-state index is -0.848. The number of carbonyl (C=O) groups is 1. The first-order chi connectivity index (χ1) is 12.2. The molecule has 3 rings (SSSR count). The molecule has 2 aliphatic carbocycles. The molecule has 2 atom stereocenters. The van der Waals surface area contributed by atoms with Crippen LogP contribution in [0, 0.1) is 12.3 Å². The normalized spacial score (nSPS) is 29.2. The number of nitrogens with one attached hydrogen (secondary N) is 1. The van der Waals surface area contributed by atoms with Crippen LogP contribution in [0.25, 0.3) is 0 Å². The van der Waals surface area contributed by atoms with Gasteiger partial charge in [0.2, 0.25) is 5.91 Å². The number of hydrogen-bond donors (Lipinski definition) is 2. The lowest BCUT2D eigenvalue weighted by molar-refractivity contribution is -0.170. The standard InChI is InChI=1S/C22H34N2O2/c1-5-26-18-14-22(23,20(18,3)4)19(25)24-15-21(11-6-7-12-21)17-10-8-9-16(2)13-17/h8-10,13,18H,5-7,11-12,14-15,23H2,1-4H3,(H,24,25). The van der Waals surface area contributed by atoms with E-state index < -0.39 is 5.54 Å². The number of benzene rings is 1. The predicted octanol–water partition coefficient (Wildman–Crippen LogP) is 3.46. The van der Waals surface area contributed by atoms with Crippen LogP contribution in [0.15, 0.2) is 24.3 Å². The van der Waals surface area contributed by atoms with Gasteiger partial charge in [-0.1, -0.05) is 56.5 Å². The maximum atomic E-state index is 13.0. The molecule has 0 radical (unpaired) electrons. The molecule has 3 N–H and O–H groups in total. The fraction of sp³-hybridized carbons (Fsp3) is 0.682. The quantitative estimate of drug-likeness (QED) is 0.818. The number of rotatable bonds is 6. The molecule has 26 heavy (non-hydrogen) atoms. The molecule has 0 spiro atoms. The summed E-state index contributed by atoms with van der Waals surface area (Å²) in [6.45, 7) is 9.53. The van der Waals surface area contributed by atoms with Crippen molar-refractivity contribution in [3.63, 3.8) is 0 Å². The first-order valence-electron chi connectivity index (χ1n) is 10.0. The Kier molecular flexibility index (Phi) is 5.19. The first-order valence-corrected chi connectivity index (χ1v) is 10.0. The summed E-state index contributed by atoms with van der Waals surface area (Å²) in [6, 6.07) is 8.73. The van der Waals surface area contributed by atoms with Crippen molar-refractivity contribution in [2.45, 2.75) is 76.9 Å². The minimum absolute atomic E-state index is 0.0302. The Bertz CT molecular complexity index is 664. The fourth-order valence-corrected chi connectivity index (χ4v) is 4.82. The smallest absolute Gasteiger partial charge is 0.240 e. The topological polar surface area (TPSA) is 64.3 Å². The Labute approximate surface area is 157 Å². The average molecular weight is 359 g/mol. The summed E-state index contributed by atoms with van der Waals surface area (Å²) in [5.74, 6) is -0.0302. The largest absolute Gasteiger partial charge is 0.378 e. The molecular weight excluding hydrogens is 324 g/mol. The number of carbonyl (C=O) groups excluding carboxylic acids is 1. The first kappa shape index (κ1) is 19.4. The van der Waals surface area contributed by atoms with Gasteiger partial charge in [-0.25, -0.2) is 0 Å². The van der Waals surface area contributed by atoms with Gasteiger partial charge in [0.1, 0.15) is 5.54 Å². The number of ether oxygens (including phenoxy) is 1. The highest BCUT2D eigenvalue weighted by Crippen LogP contribution is 2.50. The summed E-state index contributed by atoms with van der Waals surface area (Å²) in [6.07, 6.45) is 5.33. The van der Waals surface area contributed by atoms with Crippen molar-refractivity contribution in [1.29, 1.82) is 0 Å². The van der Waals surface area contributed by atoms with E-state index in [9.17, 15) is 4.79 Å². The zero-order valence-corrected chi connectivity index (χ0v) is 16.7. The van der Waals surface area contributed by atoms with Gasteiger partial charge in [0, 0.05) is 30.4 Å². The van der Waals surface area contributed by atoms with Gasteiger partial charge < -0.3 is 15.8 Å².